The number of pyridine rings is 1. The van der Waals surface area contributed by atoms with Crippen molar-refractivity contribution in [2.75, 3.05) is 11.5 Å². The molecule has 1 atom stereocenters. The number of hydrogen-bond acceptors (Lipinski definition) is 3. The number of fused-ring (bicyclic) bond motifs is 1. The minimum absolute atomic E-state index is 0.683. The van der Waals surface area contributed by atoms with Crippen LogP contribution in [0.3, 0.4) is 0 Å². The van der Waals surface area contributed by atoms with E-state index in [1.54, 1.807) is 0 Å². The van der Waals surface area contributed by atoms with Gasteiger partial charge in [-0.2, -0.15) is 11.8 Å². The first-order valence-electron chi connectivity index (χ1n) is 6.49. The van der Waals surface area contributed by atoms with E-state index in [9.17, 15) is 0 Å². The molecule has 2 nitrogen and oxygen atoms in total. The summed E-state index contributed by atoms with van der Waals surface area (Å²) in [5.41, 5.74) is 3.75. The maximum Gasteiger partial charge on any atom is 0.0734 e. The summed E-state index contributed by atoms with van der Waals surface area (Å²) in [5.74, 6) is 2.55. The predicted molar refractivity (Wildman–Crippen MR) is 79.0 cm³/mol. The largest absolute Gasteiger partial charge is 0.309 e. The maximum absolute atomic E-state index is 4.49. The molecule has 0 spiro atoms. The van der Waals surface area contributed by atoms with E-state index < -0.39 is 0 Å². The number of aromatic nitrogens is 1. The lowest BCUT2D eigenvalue weighted by molar-refractivity contribution is 0.559. The van der Waals surface area contributed by atoms with Crippen LogP contribution in [-0.4, -0.2) is 22.5 Å². The number of hydrogen-bond donors (Lipinski definition) is 1. The summed E-state index contributed by atoms with van der Waals surface area (Å²) >= 11 is 2.05. The van der Waals surface area contributed by atoms with Crippen LogP contribution in [0, 0.1) is 6.92 Å². The van der Waals surface area contributed by atoms with Crippen molar-refractivity contribution < 1.29 is 0 Å². The highest BCUT2D eigenvalue weighted by Gasteiger charge is 2.14. The summed E-state index contributed by atoms with van der Waals surface area (Å²) in [6.45, 7) is 3.08. The minimum atomic E-state index is 0.683. The molecule has 1 aromatic carbocycles. The zero-order valence-electron chi connectivity index (χ0n) is 10.6. The first kappa shape index (κ1) is 12.0. The maximum atomic E-state index is 4.49. The lowest BCUT2D eigenvalue weighted by atomic mass is 10.0. The Bertz CT molecular complexity index is 547. The molecule has 0 aliphatic carbocycles. The average molecular weight is 258 g/mol. The van der Waals surface area contributed by atoms with Gasteiger partial charge in [-0.15, -0.1) is 0 Å². The highest BCUT2D eigenvalue weighted by Crippen LogP contribution is 2.22. The van der Waals surface area contributed by atoms with E-state index in [4.69, 9.17) is 0 Å². The van der Waals surface area contributed by atoms with Crippen molar-refractivity contribution in [1.29, 1.82) is 0 Å². The molecule has 94 valence electrons. The molecule has 1 aliphatic rings. The Kier molecular flexibility index (Phi) is 3.52. The second-order valence-corrected chi connectivity index (χ2v) is 6.03. The van der Waals surface area contributed by atoms with Crippen molar-refractivity contribution in [1.82, 2.24) is 10.3 Å². The van der Waals surface area contributed by atoms with Crippen molar-refractivity contribution in [2.24, 2.45) is 0 Å². The van der Waals surface area contributed by atoms with E-state index in [0.717, 1.165) is 12.1 Å². The summed E-state index contributed by atoms with van der Waals surface area (Å²) in [6.07, 6.45) is 3.17. The Hall–Kier alpha value is -1.06. The van der Waals surface area contributed by atoms with Gasteiger partial charge in [-0.1, -0.05) is 18.2 Å². The van der Waals surface area contributed by atoms with Crippen molar-refractivity contribution in [3.63, 3.8) is 0 Å². The minimum Gasteiger partial charge on any atom is -0.309 e. The van der Waals surface area contributed by atoms with E-state index in [0.29, 0.717) is 6.04 Å². The molecule has 2 heterocycles. The molecule has 18 heavy (non-hydrogen) atoms. The SMILES string of the molecule is Cc1ccc(CN[C@H]2CCSC2)c2cccnc12. The molecule has 0 bridgehead atoms. The topological polar surface area (TPSA) is 24.9 Å². The van der Waals surface area contributed by atoms with Crippen LogP contribution in [-0.2, 0) is 6.54 Å². The Morgan fingerprint density at radius 2 is 2.33 bits per heavy atom. The second-order valence-electron chi connectivity index (χ2n) is 4.88. The van der Waals surface area contributed by atoms with Crippen LogP contribution in [0.4, 0.5) is 0 Å². The molecule has 0 radical (unpaired) electrons. The molecule has 2 aromatic rings. The third-order valence-corrected chi connectivity index (χ3v) is 4.74. The molecule has 1 N–H and O–H groups in total. The Morgan fingerprint density at radius 1 is 1.39 bits per heavy atom. The predicted octanol–water partition coefficient (Wildman–Crippen LogP) is 3.14. The number of thioether (sulfide) groups is 1. The van der Waals surface area contributed by atoms with Crippen LogP contribution < -0.4 is 5.32 Å². The molecule has 3 heteroatoms. The van der Waals surface area contributed by atoms with E-state index in [-0.39, 0.29) is 0 Å². The molecule has 1 fully saturated rings. The van der Waals surface area contributed by atoms with Crippen LogP contribution in [0.1, 0.15) is 17.5 Å². The van der Waals surface area contributed by atoms with Gasteiger partial charge >= 0.3 is 0 Å². The third-order valence-electron chi connectivity index (χ3n) is 3.57. The quantitative estimate of drug-likeness (QED) is 0.915. The van der Waals surface area contributed by atoms with Gasteiger partial charge in [0.25, 0.3) is 0 Å². The van der Waals surface area contributed by atoms with Gasteiger partial charge in [0.15, 0.2) is 0 Å². The number of aryl methyl sites for hydroxylation is 1. The van der Waals surface area contributed by atoms with Gasteiger partial charge in [0.2, 0.25) is 0 Å². The van der Waals surface area contributed by atoms with Gasteiger partial charge in [-0.05, 0) is 36.3 Å². The van der Waals surface area contributed by atoms with Crippen LogP contribution in [0.2, 0.25) is 0 Å². The van der Waals surface area contributed by atoms with E-state index >= 15 is 0 Å². The van der Waals surface area contributed by atoms with Gasteiger partial charge in [0, 0.05) is 29.9 Å². The van der Waals surface area contributed by atoms with Gasteiger partial charge < -0.3 is 5.32 Å². The molecule has 1 saturated heterocycles. The fourth-order valence-electron chi connectivity index (χ4n) is 2.48. The molecule has 0 saturated carbocycles. The Labute approximate surface area is 112 Å². The molecule has 0 amide bonds. The monoisotopic (exact) mass is 258 g/mol. The molecule has 1 aromatic heterocycles. The zero-order valence-corrected chi connectivity index (χ0v) is 11.5. The molecular weight excluding hydrogens is 240 g/mol. The molecule has 3 rings (SSSR count). The zero-order chi connectivity index (χ0) is 12.4. The second kappa shape index (κ2) is 5.29. The Morgan fingerprint density at radius 3 is 3.17 bits per heavy atom. The summed E-state index contributed by atoms with van der Waals surface area (Å²) in [5, 5.41) is 4.95. The van der Waals surface area contributed by atoms with Crippen molar-refractivity contribution in [2.45, 2.75) is 25.9 Å². The summed E-state index contributed by atoms with van der Waals surface area (Å²) in [7, 11) is 0. The van der Waals surface area contributed by atoms with Gasteiger partial charge in [-0.3, -0.25) is 4.98 Å². The van der Waals surface area contributed by atoms with Gasteiger partial charge in [0.1, 0.15) is 0 Å². The van der Waals surface area contributed by atoms with Gasteiger partial charge in [-0.25, -0.2) is 0 Å². The molecule has 0 unspecified atom stereocenters. The first-order chi connectivity index (χ1) is 8.84. The third kappa shape index (κ3) is 2.38. The highest BCUT2D eigenvalue weighted by atomic mass is 32.2. The fraction of sp³-hybridized carbons (Fsp3) is 0.400. The summed E-state index contributed by atoms with van der Waals surface area (Å²) in [4.78, 5) is 4.49. The number of nitrogens with zero attached hydrogens (tertiary/aromatic N) is 1. The van der Waals surface area contributed by atoms with Crippen LogP contribution >= 0.6 is 11.8 Å². The lowest BCUT2D eigenvalue weighted by Crippen LogP contribution is -2.28. The summed E-state index contributed by atoms with van der Waals surface area (Å²) < 4.78 is 0. The standard InChI is InChI=1S/C15H18N2S/c1-11-4-5-12(9-17-13-6-8-18-10-13)14-3-2-7-16-15(11)14/h2-5,7,13,17H,6,8-10H2,1H3/t13-/m0/s1. The molecule has 1 aliphatic heterocycles. The van der Waals surface area contributed by atoms with Crippen molar-refractivity contribution in [3.05, 3.63) is 41.6 Å². The first-order valence-corrected chi connectivity index (χ1v) is 7.64. The van der Waals surface area contributed by atoms with Crippen LogP contribution in [0.5, 0.6) is 0 Å². The van der Waals surface area contributed by atoms with Crippen molar-refractivity contribution in [3.8, 4) is 0 Å². The van der Waals surface area contributed by atoms with Crippen molar-refractivity contribution >= 4 is 22.7 Å². The fourth-order valence-corrected chi connectivity index (χ4v) is 3.66. The number of rotatable bonds is 3. The molecular formula is C15H18N2S. The normalized spacial score (nSPS) is 19.5. The van der Waals surface area contributed by atoms with E-state index in [1.807, 2.05) is 24.0 Å². The van der Waals surface area contributed by atoms with E-state index in [2.05, 4.69) is 35.4 Å². The van der Waals surface area contributed by atoms with E-state index in [1.165, 1.54) is 34.4 Å². The van der Waals surface area contributed by atoms with Crippen LogP contribution in [0.25, 0.3) is 10.9 Å². The number of benzene rings is 1. The van der Waals surface area contributed by atoms with Crippen LogP contribution in [0.15, 0.2) is 30.5 Å². The highest BCUT2D eigenvalue weighted by molar-refractivity contribution is 7.99. The number of nitrogens with one attached hydrogen (secondary N) is 1. The Balaban J connectivity index is 1.85. The average Bonchev–Trinajstić information content (AvgIpc) is 2.92. The summed E-state index contributed by atoms with van der Waals surface area (Å²) in [6, 6.07) is 9.29. The lowest BCUT2D eigenvalue weighted by Gasteiger charge is -2.13. The smallest absolute Gasteiger partial charge is 0.0734 e. The van der Waals surface area contributed by atoms with Gasteiger partial charge in [0.05, 0.1) is 5.52 Å².